The van der Waals surface area contributed by atoms with Crippen LogP contribution in [0, 0.1) is 5.82 Å². The third kappa shape index (κ3) is 4.57. The molecule has 2 aromatic rings. The Morgan fingerprint density at radius 1 is 1.44 bits per heavy atom. The number of benzene rings is 1. The van der Waals surface area contributed by atoms with E-state index in [0.717, 1.165) is 24.3 Å². The van der Waals surface area contributed by atoms with Crippen LogP contribution in [0.3, 0.4) is 0 Å². The van der Waals surface area contributed by atoms with Crippen LogP contribution >= 0.6 is 0 Å². The molecule has 2 heterocycles. The fourth-order valence-corrected chi connectivity index (χ4v) is 3.54. The first-order chi connectivity index (χ1) is 12.0. The summed E-state index contributed by atoms with van der Waals surface area (Å²) in [6.07, 6.45) is 5.90. The number of nitrogens with one attached hydrogen (secondary N) is 1. The molecule has 1 aliphatic heterocycles. The molecule has 1 saturated heterocycles. The van der Waals surface area contributed by atoms with Gasteiger partial charge in [-0.25, -0.2) is 9.37 Å². The molecule has 1 aromatic carbocycles. The Balaban J connectivity index is 1.47. The van der Waals surface area contributed by atoms with Crippen molar-refractivity contribution in [1.82, 2.24) is 19.8 Å². The first-order valence-electron chi connectivity index (χ1n) is 9.11. The van der Waals surface area contributed by atoms with Crippen molar-refractivity contribution in [3.8, 4) is 0 Å². The molecule has 25 heavy (non-hydrogen) atoms. The smallest absolute Gasteiger partial charge is 0.222 e. The lowest BCUT2D eigenvalue weighted by molar-refractivity contribution is -0.130. The maximum Gasteiger partial charge on any atom is 0.222 e. The summed E-state index contributed by atoms with van der Waals surface area (Å²) in [6, 6.07) is 5.06. The molecule has 1 atom stereocenters. The molecular weight excluding hydrogens is 319 g/mol. The number of hydrogen-bond acceptors (Lipinski definition) is 3. The van der Waals surface area contributed by atoms with Gasteiger partial charge in [-0.15, -0.1) is 0 Å². The van der Waals surface area contributed by atoms with Crippen LogP contribution in [0.25, 0.3) is 11.0 Å². The van der Waals surface area contributed by atoms with E-state index in [4.69, 9.17) is 0 Å². The van der Waals surface area contributed by atoms with E-state index >= 15 is 0 Å². The average Bonchev–Trinajstić information content (AvgIpc) is 3.00. The topological polar surface area (TPSA) is 52.2 Å². The number of aromatic nitrogens is 2. The van der Waals surface area contributed by atoms with Gasteiger partial charge >= 0.3 is 0 Å². The number of nitrogens with zero attached hydrogens (tertiary/aromatic N) is 3. The predicted octanol–water partition coefficient (Wildman–Crippen LogP) is 2.97. The molecule has 0 spiro atoms. The van der Waals surface area contributed by atoms with Crippen LogP contribution in [-0.2, 0) is 11.2 Å². The number of likely N-dealkylation sites (tertiary alicyclic amines) is 1. The molecule has 0 aliphatic carbocycles. The van der Waals surface area contributed by atoms with E-state index in [2.05, 4.69) is 21.9 Å². The van der Waals surface area contributed by atoms with Crippen molar-refractivity contribution in [2.24, 2.45) is 0 Å². The van der Waals surface area contributed by atoms with E-state index in [1.807, 2.05) is 7.05 Å². The van der Waals surface area contributed by atoms with E-state index in [0.29, 0.717) is 30.9 Å². The van der Waals surface area contributed by atoms with Gasteiger partial charge in [0.1, 0.15) is 11.6 Å². The summed E-state index contributed by atoms with van der Waals surface area (Å²) in [5.74, 6) is 0.691. The van der Waals surface area contributed by atoms with Gasteiger partial charge in [-0.3, -0.25) is 4.79 Å². The number of carbonyl (C=O) groups is 1. The molecule has 0 bridgehead atoms. The summed E-state index contributed by atoms with van der Waals surface area (Å²) in [5, 5.41) is 0. The number of imidazole rings is 1. The number of piperidine rings is 1. The zero-order valence-corrected chi connectivity index (χ0v) is 15.1. The molecule has 1 N–H and O–H groups in total. The van der Waals surface area contributed by atoms with Gasteiger partial charge in [0.25, 0.3) is 0 Å². The zero-order chi connectivity index (χ0) is 17.8. The minimum absolute atomic E-state index is 0.182. The number of amides is 1. The van der Waals surface area contributed by atoms with Crippen LogP contribution in [0.2, 0.25) is 0 Å². The second-order valence-electron chi connectivity index (χ2n) is 7.08. The summed E-state index contributed by atoms with van der Waals surface area (Å²) in [6.45, 7) is 1.75. The van der Waals surface area contributed by atoms with Crippen LogP contribution in [-0.4, -0.2) is 58.9 Å². The highest BCUT2D eigenvalue weighted by Gasteiger charge is 2.20. The Morgan fingerprint density at radius 3 is 3.08 bits per heavy atom. The SMILES string of the molecule is CN(CCc1nc2ccc(F)cc2[nH]1)C(=O)CC[C@@H]1CCCCN1C. The highest BCUT2D eigenvalue weighted by Crippen LogP contribution is 2.19. The van der Waals surface area contributed by atoms with Crippen LogP contribution in [0.1, 0.15) is 37.9 Å². The van der Waals surface area contributed by atoms with E-state index < -0.39 is 0 Å². The van der Waals surface area contributed by atoms with Crippen molar-refractivity contribution in [2.45, 2.75) is 44.6 Å². The van der Waals surface area contributed by atoms with Gasteiger partial charge in [-0.05, 0) is 51.1 Å². The van der Waals surface area contributed by atoms with E-state index in [1.165, 1.54) is 31.4 Å². The number of aromatic amines is 1. The lowest BCUT2D eigenvalue weighted by Crippen LogP contribution is -2.37. The number of H-pyrrole nitrogens is 1. The van der Waals surface area contributed by atoms with Crippen molar-refractivity contribution < 1.29 is 9.18 Å². The van der Waals surface area contributed by atoms with Crippen molar-refractivity contribution in [2.75, 3.05) is 27.2 Å². The molecule has 136 valence electrons. The van der Waals surface area contributed by atoms with E-state index in [1.54, 1.807) is 11.0 Å². The van der Waals surface area contributed by atoms with Gasteiger partial charge in [0, 0.05) is 32.5 Å². The number of fused-ring (bicyclic) bond motifs is 1. The Labute approximate surface area is 148 Å². The molecule has 5 nitrogen and oxygen atoms in total. The van der Waals surface area contributed by atoms with Crippen LogP contribution in [0.4, 0.5) is 4.39 Å². The highest BCUT2D eigenvalue weighted by molar-refractivity contribution is 5.76. The fourth-order valence-electron chi connectivity index (χ4n) is 3.54. The predicted molar refractivity (Wildman–Crippen MR) is 96.9 cm³/mol. The number of halogens is 1. The van der Waals surface area contributed by atoms with E-state index in [9.17, 15) is 9.18 Å². The van der Waals surface area contributed by atoms with Crippen LogP contribution in [0.15, 0.2) is 18.2 Å². The first kappa shape index (κ1) is 17.9. The molecule has 0 saturated carbocycles. The minimum atomic E-state index is -0.275. The van der Waals surface area contributed by atoms with Crippen molar-refractivity contribution in [3.05, 3.63) is 29.8 Å². The maximum absolute atomic E-state index is 13.2. The number of rotatable bonds is 6. The molecule has 1 amide bonds. The van der Waals surface area contributed by atoms with Gasteiger partial charge in [0.15, 0.2) is 0 Å². The van der Waals surface area contributed by atoms with Crippen LogP contribution in [0.5, 0.6) is 0 Å². The van der Waals surface area contributed by atoms with Crippen LogP contribution < -0.4 is 0 Å². The van der Waals surface area contributed by atoms with Gasteiger partial charge in [-0.2, -0.15) is 0 Å². The van der Waals surface area contributed by atoms with Gasteiger partial charge in [0.05, 0.1) is 11.0 Å². The molecule has 0 unspecified atom stereocenters. The number of carbonyl (C=O) groups excluding carboxylic acids is 1. The molecule has 1 aromatic heterocycles. The Kier molecular flexibility index (Phi) is 5.68. The lowest BCUT2D eigenvalue weighted by atomic mass is 9.98. The van der Waals surface area contributed by atoms with Crippen molar-refractivity contribution in [1.29, 1.82) is 0 Å². The minimum Gasteiger partial charge on any atom is -0.345 e. The lowest BCUT2D eigenvalue weighted by Gasteiger charge is -2.32. The monoisotopic (exact) mass is 346 g/mol. The summed E-state index contributed by atoms with van der Waals surface area (Å²) < 4.78 is 13.2. The molecule has 3 rings (SSSR count). The van der Waals surface area contributed by atoms with Gasteiger partial charge in [-0.1, -0.05) is 6.42 Å². The van der Waals surface area contributed by atoms with Gasteiger partial charge in [0.2, 0.25) is 5.91 Å². The third-order valence-electron chi connectivity index (χ3n) is 5.22. The first-order valence-corrected chi connectivity index (χ1v) is 9.11. The molecule has 1 aliphatic rings. The number of likely N-dealkylation sites (N-methyl/N-ethyl adjacent to an activating group) is 1. The normalized spacial score (nSPS) is 18.6. The highest BCUT2D eigenvalue weighted by atomic mass is 19.1. The maximum atomic E-state index is 13.2. The van der Waals surface area contributed by atoms with Gasteiger partial charge < -0.3 is 14.8 Å². The largest absolute Gasteiger partial charge is 0.345 e. The standard InChI is InChI=1S/C19H27FN4O/c1-23-11-4-3-5-15(23)7-9-19(25)24(2)12-10-18-21-16-8-6-14(20)13-17(16)22-18/h6,8,13,15H,3-5,7,9-12H2,1-2H3,(H,21,22)/t15-/m0/s1. The second-order valence-corrected chi connectivity index (χ2v) is 7.08. The molecular formula is C19H27FN4O. The Morgan fingerprint density at radius 2 is 2.28 bits per heavy atom. The van der Waals surface area contributed by atoms with E-state index in [-0.39, 0.29) is 11.7 Å². The Hall–Kier alpha value is -1.95. The summed E-state index contributed by atoms with van der Waals surface area (Å²) in [7, 11) is 4.00. The average molecular weight is 346 g/mol. The van der Waals surface area contributed by atoms with Crippen molar-refractivity contribution in [3.63, 3.8) is 0 Å². The second kappa shape index (κ2) is 7.95. The summed E-state index contributed by atoms with van der Waals surface area (Å²) in [4.78, 5) is 24.1. The van der Waals surface area contributed by atoms with Crippen molar-refractivity contribution >= 4 is 16.9 Å². The third-order valence-corrected chi connectivity index (χ3v) is 5.22. The fraction of sp³-hybridized carbons (Fsp3) is 0.579. The molecule has 6 heteroatoms. The summed E-state index contributed by atoms with van der Waals surface area (Å²) in [5.41, 5.74) is 1.45. The number of hydrogen-bond donors (Lipinski definition) is 1. The molecule has 1 fully saturated rings. The Bertz CT molecular complexity index is 729. The quantitative estimate of drug-likeness (QED) is 0.875. The summed E-state index contributed by atoms with van der Waals surface area (Å²) >= 11 is 0. The molecule has 0 radical (unpaired) electrons. The zero-order valence-electron chi connectivity index (χ0n) is 15.1.